The van der Waals surface area contributed by atoms with Gasteiger partial charge in [-0.2, -0.15) is 0 Å². The number of hydrogen-bond acceptors (Lipinski definition) is 2. The van der Waals surface area contributed by atoms with Gasteiger partial charge in [0.05, 0.1) is 10.6 Å². The van der Waals surface area contributed by atoms with Gasteiger partial charge in [-0.25, -0.2) is 4.39 Å². The smallest absolute Gasteiger partial charge is 0.253 e. The van der Waals surface area contributed by atoms with Crippen molar-refractivity contribution in [3.8, 4) is 0 Å². The number of benzene rings is 2. The molecule has 0 atom stereocenters. The second-order valence-electron chi connectivity index (χ2n) is 6.08. The molecule has 130 valence electrons. The molecule has 1 aliphatic rings. The number of carbonyl (C=O) groups is 2. The molecule has 0 spiro atoms. The van der Waals surface area contributed by atoms with Crippen LogP contribution in [-0.2, 0) is 11.2 Å². The topological polar surface area (TPSA) is 58.2 Å². The summed E-state index contributed by atoms with van der Waals surface area (Å²) >= 11 is 6.07. The Bertz CT molecular complexity index is 806. The van der Waals surface area contributed by atoms with Crippen molar-refractivity contribution in [3.63, 3.8) is 0 Å². The highest BCUT2D eigenvalue weighted by molar-refractivity contribution is 6.34. The highest BCUT2D eigenvalue weighted by Crippen LogP contribution is 2.24. The molecular weight excluding hydrogens is 343 g/mol. The van der Waals surface area contributed by atoms with Gasteiger partial charge in [-0.15, -0.1) is 0 Å². The molecule has 0 aromatic heterocycles. The summed E-state index contributed by atoms with van der Waals surface area (Å²) in [6, 6.07) is 11.4. The molecule has 0 unspecified atom stereocenters. The van der Waals surface area contributed by atoms with Gasteiger partial charge in [0.2, 0.25) is 5.91 Å². The van der Waals surface area contributed by atoms with Crippen LogP contribution in [0.15, 0.2) is 42.5 Å². The van der Waals surface area contributed by atoms with E-state index in [0.717, 1.165) is 12.8 Å². The average Bonchev–Trinajstić information content (AvgIpc) is 3.40. The third-order valence-electron chi connectivity index (χ3n) is 3.99. The summed E-state index contributed by atoms with van der Waals surface area (Å²) in [5.41, 5.74) is 1.32. The molecule has 2 N–H and O–H groups in total. The Balaban J connectivity index is 1.61. The summed E-state index contributed by atoms with van der Waals surface area (Å²) < 4.78 is 13.6. The van der Waals surface area contributed by atoms with Crippen molar-refractivity contribution in [2.75, 3.05) is 5.32 Å². The molecule has 1 saturated carbocycles. The third kappa shape index (κ3) is 4.79. The molecule has 4 nitrogen and oxygen atoms in total. The number of rotatable bonds is 6. The maximum Gasteiger partial charge on any atom is 0.253 e. The minimum Gasteiger partial charge on any atom is -0.349 e. The van der Waals surface area contributed by atoms with Crippen molar-refractivity contribution >= 4 is 29.1 Å². The van der Waals surface area contributed by atoms with E-state index in [2.05, 4.69) is 10.6 Å². The van der Waals surface area contributed by atoms with Gasteiger partial charge in [-0.3, -0.25) is 9.59 Å². The van der Waals surface area contributed by atoms with Gasteiger partial charge in [-0.1, -0.05) is 29.8 Å². The molecule has 2 amide bonds. The average molecular weight is 361 g/mol. The van der Waals surface area contributed by atoms with Crippen LogP contribution in [0.25, 0.3) is 0 Å². The molecule has 6 heteroatoms. The summed E-state index contributed by atoms with van der Waals surface area (Å²) in [5, 5.41) is 5.93. The van der Waals surface area contributed by atoms with Gasteiger partial charge < -0.3 is 10.6 Å². The largest absolute Gasteiger partial charge is 0.349 e. The summed E-state index contributed by atoms with van der Waals surface area (Å²) in [7, 11) is 0. The zero-order valence-electron chi connectivity index (χ0n) is 13.5. The Kier molecular flexibility index (Phi) is 5.34. The van der Waals surface area contributed by atoms with Crippen LogP contribution < -0.4 is 10.6 Å². The summed E-state index contributed by atoms with van der Waals surface area (Å²) in [6.45, 7) is 0. The van der Waals surface area contributed by atoms with Crippen LogP contribution >= 0.6 is 11.6 Å². The molecule has 25 heavy (non-hydrogen) atoms. The Morgan fingerprint density at radius 2 is 1.92 bits per heavy atom. The quantitative estimate of drug-likeness (QED) is 0.819. The van der Waals surface area contributed by atoms with E-state index >= 15 is 0 Å². The first-order chi connectivity index (χ1) is 12.0. The summed E-state index contributed by atoms with van der Waals surface area (Å²) in [5.74, 6) is -0.810. The summed E-state index contributed by atoms with van der Waals surface area (Å²) in [4.78, 5) is 24.2. The number of halogens is 2. The van der Waals surface area contributed by atoms with Crippen molar-refractivity contribution in [1.82, 2.24) is 5.32 Å². The molecule has 0 aliphatic heterocycles. The number of anilines is 1. The van der Waals surface area contributed by atoms with Crippen LogP contribution in [0.5, 0.6) is 0 Å². The monoisotopic (exact) mass is 360 g/mol. The Morgan fingerprint density at radius 3 is 2.64 bits per heavy atom. The third-order valence-corrected chi connectivity index (χ3v) is 4.32. The minimum atomic E-state index is -0.319. The fourth-order valence-corrected chi connectivity index (χ4v) is 2.64. The first-order valence-corrected chi connectivity index (χ1v) is 8.54. The zero-order chi connectivity index (χ0) is 17.8. The molecule has 1 fully saturated rings. The molecule has 0 heterocycles. The van der Waals surface area contributed by atoms with E-state index in [1.807, 2.05) is 0 Å². The van der Waals surface area contributed by atoms with Gasteiger partial charge >= 0.3 is 0 Å². The molecule has 0 bridgehead atoms. The van der Waals surface area contributed by atoms with Crippen molar-refractivity contribution in [2.24, 2.45) is 0 Å². The molecule has 0 saturated heterocycles. The van der Waals surface area contributed by atoms with Crippen molar-refractivity contribution < 1.29 is 14.0 Å². The van der Waals surface area contributed by atoms with Crippen LogP contribution in [0.4, 0.5) is 10.1 Å². The maximum atomic E-state index is 13.6. The van der Waals surface area contributed by atoms with E-state index in [1.54, 1.807) is 36.4 Å². The molecule has 2 aromatic rings. The van der Waals surface area contributed by atoms with Crippen molar-refractivity contribution in [1.29, 1.82) is 0 Å². The lowest BCUT2D eigenvalue weighted by Crippen LogP contribution is -2.25. The van der Waals surface area contributed by atoms with Gasteiger partial charge in [0, 0.05) is 18.2 Å². The Hall–Kier alpha value is -2.40. The van der Waals surface area contributed by atoms with E-state index in [9.17, 15) is 14.0 Å². The number of hydrogen-bond donors (Lipinski definition) is 2. The molecular formula is C19H18ClFN2O2. The Labute approximate surface area is 150 Å². The maximum absolute atomic E-state index is 13.6. The molecule has 2 aromatic carbocycles. The van der Waals surface area contributed by atoms with Crippen molar-refractivity contribution in [2.45, 2.75) is 31.7 Å². The number of amides is 2. The van der Waals surface area contributed by atoms with Gasteiger partial charge in [0.15, 0.2) is 0 Å². The van der Waals surface area contributed by atoms with E-state index in [0.29, 0.717) is 28.3 Å². The van der Waals surface area contributed by atoms with E-state index in [4.69, 9.17) is 11.6 Å². The second kappa shape index (κ2) is 7.66. The fraction of sp³-hybridized carbons (Fsp3) is 0.263. The van der Waals surface area contributed by atoms with Gasteiger partial charge in [0.1, 0.15) is 5.82 Å². The van der Waals surface area contributed by atoms with Gasteiger partial charge in [-0.05, 0) is 49.1 Å². The van der Waals surface area contributed by atoms with Gasteiger partial charge in [0.25, 0.3) is 5.91 Å². The standard InChI is InChI=1S/C19H18ClFN2O2/c20-16-9-8-14(11-15(16)19(25)23-13-6-7-13)22-18(24)10-5-12-3-1-2-4-17(12)21/h1-4,8-9,11,13H,5-7,10H2,(H,22,24)(H,23,25). The normalized spacial score (nSPS) is 13.4. The number of aryl methyl sites for hydroxylation is 1. The van der Waals surface area contributed by atoms with E-state index in [1.165, 1.54) is 6.07 Å². The molecule has 1 aliphatic carbocycles. The molecule has 0 radical (unpaired) electrons. The first-order valence-electron chi connectivity index (χ1n) is 8.16. The second-order valence-corrected chi connectivity index (χ2v) is 6.49. The molecule has 3 rings (SSSR count). The Morgan fingerprint density at radius 1 is 1.16 bits per heavy atom. The number of carbonyl (C=O) groups excluding carboxylic acids is 2. The lowest BCUT2D eigenvalue weighted by molar-refractivity contribution is -0.116. The highest BCUT2D eigenvalue weighted by atomic mass is 35.5. The lowest BCUT2D eigenvalue weighted by Gasteiger charge is -2.10. The van der Waals surface area contributed by atoms with E-state index in [-0.39, 0.29) is 30.1 Å². The van der Waals surface area contributed by atoms with Crippen molar-refractivity contribution in [3.05, 3.63) is 64.4 Å². The van der Waals surface area contributed by atoms with Crippen LogP contribution in [0.3, 0.4) is 0 Å². The van der Waals surface area contributed by atoms with E-state index < -0.39 is 0 Å². The number of nitrogens with one attached hydrogen (secondary N) is 2. The zero-order valence-corrected chi connectivity index (χ0v) is 14.3. The van der Waals surface area contributed by atoms with Crippen LogP contribution in [0.1, 0.15) is 35.2 Å². The minimum absolute atomic E-state index is 0.146. The predicted octanol–water partition coefficient (Wildman–Crippen LogP) is 3.94. The lowest BCUT2D eigenvalue weighted by atomic mass is 10.1. The fourth-order valence-electron chi connectivity index (χ4n) is 2.44. The van der Waals surface area contributed by atoms with Crippen LogP contribution in [0, 0.1) is 5.82 Å². The predicted molar refractivity (Wildman–Crippen MR) is 95.3 cm³/mol. The van der Waals surface area contributed by atoms with Crippen LogP contribution in [-0.4, -0.2) is 17.9 Å². The SMILES string of the molecule is O=C(CCc1ccccc1F)Nc1ccc(Cl)c(C(=O)NC2CC2)c1. The first kappa shape index (κ1) is 17.4. The summed E-state index contributed by atoms with van der Waals surface area (Å²) in [6.07, 6.45) is 2.42. The van der Waals surface area contributed by atoms with Crippen LogP contribution in [0.2, 0.25) is 5.02 Å². The highest BCUT2D eigenvalue weighted by Gasteiger charge is 2.24.